The summed E-state index contributed by atoms with van der Waals surface area (Å²) in [6, 6.07) is 10.1. The van der Waals surface area contributed by atoms with Crippen LogP contribution in [-0.2, 0) is 28.6 Å². The van der Waals surface area contributed by atoms with Gasteiger partial charge in [-0.15, -0.1) is 0 Å². The number of rotatable bonds is 14. The van der Waals surface area contributed by atoms with Crippen molar-refractivity contribution in [2.45, 2.75) is 26.1 Å². The number of carbonyl (C=O) groups excluding carboxylic acids is 4. The van der Waals surface area contributed by atoms with Gasteiger partial charge in [0.2, 0.25) is 0 Å². The van der Waals surface area contributed by atoms with Crippen molar-refractivity contribution >= 4 is 36.3 Å². The van der Waals surface area contributed by atoms with E-state index < -0.39 is 23.7 Å². The molecule has 58 heavy (non-hydrogen) atoms. The fraction of sp³-hybridized carbons (Fsp3) is 0.366. The highest BCUT2D eigenvalue weighted by atomic mass is 16.7. The van der Waals surface area contributed by atoms with Gasteiger partial charge in [-0.25, -0.2) is 4.79 Å². The molecule has 0 aliphatic carbocycles. The van der Waals surface area contributed by atoms with E-state index in [1.807, 2.05) is 0 Å². The van der Waals surface area contributed by atoms with Gasteiger partial charge < -0.3 is 61.9 Å². The summed E-state index contributed by atoms with van der Waals surface area (Å²) in [7, 11) is 15.2. The molecule has 3 aromatic rings. The van der Waals surface area contributed by atoms with Crippen LogP contribution in [0, 0.1) is 0 Å². The Balaban J connectivity index is 0.000000394. The smallest absolute Gasteiger partial charge is 0.330 e. The predicted octanol–water partition coefficient (Wildman–Crippen LogP) is 5.35. The minimum absolute atomic E-state index is 0.0164. The van der Waals surface area contributed by atoms with E-state index in [9.17, 15) is 19.2 Å². The Bertz CT molecular complexity index is 1850. The molecular formula is C41H52O17. The minimum atomic E-state index is -1.08. The molecule has 0 atom stereocenters. The number of hydrogen-bond acceptors (Lipinski definition) is 17. The van der Waals surface area contributed by atoms with Crippen LogP contribution in [0.25, 0.3) is 12.2 Å². The molecule has 1 fully saturated rings. The second kappa shape index (κ2) is 25.5. The monoisotopic (exact) mass is 816 g/mol. The van der Waals surface area contributed by atoms with E-state index in [0.29, 0.717) is 69.2 Å². The van der Waals surface area contributed by atoms with Gasteiger partial charge in [0, 0.05) is 49.2 Å². The number of hydrogen-bond donors (Lipinski definition) is 1. The fourth-order valence-corrected chi connectivity index (χ4v) is 4.68. The second-order valence-corrected chi connectivity index (χ2v) is 11.4. The number of esters is 3. The molecule has 0 radical (unpaired) electrons. The first-order valence-corrected chi connectivity index (χ1v) is 17.0. The van der Waals surface area contributed by atoms with Gasteiger partial charge >= 0.3 is 17.9 Å². The van der Waals surface area contributed by atoms with Gasteiger partial charge in [0.05, 0.1) is 83.3 Å². The Labute approximate surface area is 337 Å². The molecule has 1 aliphatic heterocycles. The molecule has 3 aromatic carbocycles. The van der Waals surface area contributed by atoms with Gasteiger partial charge in [0.1, 0.15) is 23.7 Å². The molecule has 0 spiro atoms. The average Bonchev–Trinajstić information content (AvgIpc) is 3.23. The lowest BCUT2D eigenvalue weighted by molar-refractivity contribution is -0.231. The summed E-state index contributed by atoms with van der Waals surface area (Å²) in [5.74, 6) is 2.55. The molecule has 1 heterocycles. The van der Waals surface area contributed by atoms with E-state index in [0.717, 1.165) is 5.56 Å². The minimum Gasteiger partial charge on any atom is -0.496 e. The summed E-state index contributed by atoms with van der Waals surface area (Å²) in [4.78, 5) is 42.9. The van der Waals surface area contributed by atoms with Crippen molar-refractivity contribution in [2.75, 3.05) is 77.7 Å². The number of carbonyl (C=O) groups is 4. The molecule has 0 bridgehead atoms. The number of aliphatic hydroxyl groups is 1. The number of ether oxygens (including phenoxy) is 12. The van der Waals surface area contributed by atoms with E-state index in [1.54, 1.807) is 83.1 Å². The molecule has 17 heteroatoms. The van der Waals surface area contributed by atoms with Crippen LogP contribution in [0.2, 0.25) is 0 Å². The highest BCUT2D eigenvalue weighted by molar-refractivity contribution is 5.93. The highest BCUT2D eigenvalue weighted by Gasteiger charge is 2.34. The van der Waals surface area contributed by atoms with Crippen molar-refractivity contribution in [1.82, 2.24) is 0 Å². The third kappa shape index (κ3) is 15.5. The maximum Gasteiger partial charge on any atom is 0.330 e. The Kier molecular flexibility index (Phi) is 21.7. The predicted molar refractivity (Wildman–Crippen MR) is 212 cm³/mol. The van der Waals surface area contributed by atoms with Crippen LogP contribution in [0.5, 0.6) is 51.7 Å². The van der Waals surface area contributed by atoms with Crippen molar-refractivity contribution in [1.29, 1.82) is 0 Å². The number of methoxy groups -OCH3 is 10. The second-order valence-electron chi connectivity index (χ2n) is 11.4. The summed E-state index contributed by atoms with van der Waals surface area (Å²) >= 11 is 0. The molecule has 0 saturated carbocycles. The molecule has 318 valence electrons. The summed E-state index contributed by atoms with van der Waals surface area (Å²) in [6.45, 7) is 3.02. The van der Waals surface area contributed by atoms with Crippen molar-refractivity contribution in [3.05, 3.63) is 65.2 Å². The van der Waals surface area contributed by atoms with Crippen LogP contribution >= 0.6 is 0 Å². The third-order valence-corrected chi connectivity index (χ3v) is 7.35. The standard InChI is InChI=1S/C13H16O5.C12H16O4.C10H12O4.C6H8O4/c1-15-10-8-12(17-3)11(16-2)7-9(10)5-6-13(14)18-4;1-14-10-8-12(16-3)11(15-2)7-9(10)5-4-6-13;1-12-8-5-10(14-3)9(13-2)4-7(8)6-11;1-6(2)9-4(7)3-5(8)10-6/h5-8H,1-4H3;4-5,7-8,13H,6H2,1-3H3;4-6H,1-3H3;3H2,1-2H3/b6-5+;5-4+;;. The third-order valence-electron chi connectivity index (χ3n) is 7.35. The number of aliphatic hydroxyl groups excluding tert-OH is 1. The molecule has 0 aromatic heterocycles. The molecule has 1 aliphatic rings. The Morgan fingerprint density at radius 1 is 0.569 bits per heavy atom. The van der Waals surface area contributed by atoms with E-state index in [4.69, 9.17) is 47.7 Å². The number of aldehydes is 1. The van der Waals surface area contributed by atoms with Crippen LogP contribution in [0.4, 0.5) is 0 Å². The summed E-state index contributed by atoms with van der Waals surface area (Å²) in [6.07, 6.45) is 6.73. The van der Waals surface area contributed by atoms with Crippen LogP contribution in [0.15, 0.2) is 48.6 Å². The van der Waals surface area contributed by atoms with Gasteiger partial charge in [0.15, 0.2) is 40.8 Å². The maximum atomic E-state index is 11.1. The van der Waals surface area contributed by atoms with Crippen LogP contribution < -0.4 is 42.6 Å². The quantitative estimate of drug-likeness (QED) is 0.0944. The molecule has 0 unspecified atom stereocenters. The van der Waals surface area contributed by atoms with Gasteiger partial charge in [-0.3, -0.25) is 14.4 Å². The lowest BCUT2D eigenvalue weighted by atomic mass is 10.1. The van der Waals surface area contributed by atoms with Crippen LogP contribution in [0.1, 0.15) is 41.8 Å². The van der Waals surface area contributed by atoms with Crippen molar-refractivity contribution in [2.24, 2.45) is 0 Å². The Morgan fingerprint density at radius 2 is 0.897 bits per heavy atom. The topological polar surface area (TPSA) is 199 Å². The zero-order valence-electron chi connectivity index (χ0n) is 34.7. The van der Waals surface area contributed by atoms with Gasteiger partial charge in [-0.1, -0.05) is 12.2 Å². The van der Waals surface area contributed by atoms with E-state index in [2.05, 4.69) is 14.2 Å². The molecular weight excluding hydrogens is 764 g/mol. The average molecular weight is 817 g/mol. The van der Waals surface area contributed by atoms with Gasteiger partial charge in [0.25, 0.3) is 5.79 Å². The lowest BCUT2D eigenvalue weighted by Crippen LogP contribution is -2.39. The Morgan fingerprint density at radius 3 is 1.21 bits per heavy atom. The SMILES string of the molecule is CC1(C)OC(=O)CC(=O)O1.COC(=O)/C=C/c1cc(OC)c(OC)cc1OC.COc1cc(OC)c(OC)cc1/C=C/CO.COc1cc(OC)c(OC)cc1C=O. The van der Waals surface area contributed by atoms with Gasteiger partial charge in [-0.05, 0) is 24.3 Å². The summed E-state index contributed by atoms with van der Waals surface area (Å²) in [5, 5.41) is 8.73. The fourth-order valence-electron chi connectivity index (χ4n) is 4.68. The van der Waals surface area contributed by atoms with Crippen molar-refractivity contribution < 1.29 is 81.1 Å². The molecule has 1 saturated heterocycles. The molecule has 4 rings (SSSR count). The summed E-state index contributed by atoms with van der Waals surface area (Å²) in [5.41, 5.74) is 1.96. The molecule has 1 N–H and O–H groups in total. The molecule has 17 nitrogen and oxygen atoms in total. The number of cyclic esters (lactones) is 2. The summed E-state index contributed by atoms with van der Waals surface area (Å²) < 4.78 is 60.1. The first kappa shape index (κ1) is 49.4. The normalized spacial score (nSPS) is 12.4. The van der Waals surface area contributed by atoms with Gasteiger partial charge in [-0.2, -0.15) is 0 Å². The first-order chi connectivity index (χ1) is 27.7. The van der Waals surface area contributed by atoms with E-state index in [-0.39, 0.29) is 13.0 Å². The maximum absolute atomic E-state index is 11.1. The molecule has 0 amide bonds. The van der Waals surface area contributed by atoms with Crippen molar-refractivity contribution in [3.8, 4) is 51.7 Å². The van der Waals surface area contributed by atoms with Crippen LogP contribution in [-0.4, -0.2) is 113 Å². The lowest BCUT2D eigenvalue weighted by Gasteiger charge is -2.28. The largest absolute Gasteiger partial charge is 0.496 e. The first-order valence-electron chi connectivity index (χ1n) is 17.0. The van der Waals surface area contributed by atoms with E-state index >= 15 is 0 Å². The number of benzene rings is 3. The zero-order chi connectivity index (χ0) is 43.8. The Hall–Kier alpha value is -6.62. The zero-order valence-corrected chi connectivity index (χ0v) is 34.7. The van der Waals surface area contributed by atoms with Crippen LogP contribution in [0.3, 0.4) is 0 Å². The van der Waals surface area contributed by atoms with E-state index in [1.165, 1.54) is 62.6 Å². The highest BCUT2D eigenvalue weighted by Crippen LogP contribution is 2.37. The van der Waals surface area contributed by atoms with Crippen molar-refractivity contribution in [3.63, 3.8) is 0 Å².